The smallest absolute Gasteiger partial charge is 0.252 e. The van der Waals surface area contributed by atoms with Gasteiger partial charge in [0.1, 0.15) is 5.54 Å². The van der Waals surface area contributed by atoms with Crippen molar-refractivity contribution in [2.75, 3.05) is 18.4 Å². The van der Waals surface area contributed by atoms with Gasteiger partial charge in [-0.1, -0.05) is 17.7 Å². The number of aromatic nitrogens is 2. The number of carbonyl (C=O) groups excluding carboxylic acids is 1. The molecule has 1 aromatic heterocycles. The summed E-state index contributed by atoms with van der Waals surface area (Å²) < 4.78 is 1.78. The van der Waals surface area contributed by atoms with Gasteiger partial charge in [-0.15, -0.1) is 0 Å². The molecule has 116 valence electrons. The Kier molecular flexibility index (Phi) is 4.18. The van der Waals surface area contributed by atoms with Gasteiger partial charge in [0.15, 0.2) is 0 Å². The average Bonchev–Trinajstić information content (AvgIpc) is 3.06. The molecule has 2 heterocycles. The maximum absolute atomic E-state index is 13.0. The molecule has 0 unspecified atom stereocenters. The van der Waals surface area contributed by atoms with Gasteiger partial charge in [0.25, 0.3) is 5.91 Å². The van der Waals surface area contributed by atoms with Crippen LogP contribution in [0.5, 0.6) is 0 Å². The van der Waals surface area contributed by atoms with Crippen LogP contribution in [0.15, 0.2) is 36.7 Å². The largest absolute Gasteiger partial charge is 0.324 e. The second-order valence-corrected chi connectivity index (χ2v) is 6.08. The minimum Gasteiger partial charge on any atom is -0.324 e. The van der Waals surface area contributed by atoms with Crippen molar-refractivity contribution in [1.29, 1.82) is 0 Å². The Bertz CT molecular complexity index is 663. The number of aryl methyl sites for hydroxylation is 1. The quantitative estimate of drug-likeness (QED) is 0.914. The number of hydrogen-bond acceptors (Lipinski definition) is 3. The Morgan fingerprint density at radius 3 is 2.86 bits per heavy atom. The van der Waals surface area contributed by atoms with E-state index in [9.17, 15) is 4.79 Å². The van der Waals surface area contributed by atoms with Crippen LogP contribution in [0, 0.1) is 6.92 Å². The minimum atomic E-state index is -0.649. The monoisotopic (exact) mass is 318 g/mol. The van der Waals surface area contributed by atoms with Crippen LogP contribution in [0.1, 0.15) is 18.4 Å². The van der Waals surface area contributed by atoms with Crippen molar-refractivity contribution in [2.45, 2.75) is 25.3 Å². The highest BCUT2D eigenvalue weighted by molar-refractivity contribution is 6.31. The summed E-state index contributed by atoms with van der Waals surface area (Å²) in [7, 11) is 0. The molecule has 1 aliphatic heterocycles. The molecule has 0 spiro atoms. The Labute approximate surface area is 134 Å². The van der Waals surface area contributed by atoms with Crippen molar-refractivity contribution in [3.05, 3.63) is 47.2 Å². The lowest BCUT2D eigenvalue weighted by Crippen LogP contribution is -2.52. The van der Waals surface area contributed by atoms with Crippen molar-refractivity contribution >= 4 is 23.2 Å². The first-order chi connectivity index (χ1) is 10.6. The van der Waals surface area contributed by atoms with Crippen LogP contribution in [0.3, 0.4) is 0 Å². The standard InChI is InChI=1S/C16H19ClN4O/c1-12-3-4-13(17)11-14(12)20-15(22)16(5-8-18-9-6-16)21-10-2-7-19-21/h2-4,7,10-11,18H,5-6,8-9H2,1H3,(H,20,22). The van der Waals surface area contributed by atoms with Gasteiger partial charge >= 0.3 is 0 Å². The van der Waals surface area contributed by atoms with Gasteiger partial charge in [-0.2, -0.15) is 5.10 Å². The van der Waals surface area contributed by atoms with E-state index in [4.69, 9.17) is 11.6 Å². The number of nitrogens with zero attached hydrogens (tertiary/aromatic N) is 2. The summed E-state index contributed by atoms with van der Waals surface area (Å²) in [5.41, 5.74) is 1.09. The fraction of sp³-hybridized carbons (Fsp3) is 0.375. The fourth-order valence-electron chi connectivity index (χ4n) is 2.89. The molecule has 22 heavy (non-hydrogen) atoms. The van der Waals surface area contributed by atoms with Crippen molar-refractivity contribution in [3.8, 4) is 0 Å². The second kappa shape index (κ2) is 6.10. The number of piperidine rings is 1. The number of nitrogens with one attached hydrogen (secondary N) is 2. The minimum absolute atomic E-state index is 0.0388. The number of rotatable bonds is 3. The van der Waals surface area contributed by atoms with E-state index in [-0.39, 0.29) is 5.91 Å². The van der Waals surface area contributed by atoms with Crippen LogP contribution in [0.25, 0.3) is 0 Å². The number of hydrogen-bond donors (Lipinski definition) is 2. The highest BCUT2D eigenvalue weighted by Crippen LogP contribution is 2.30. The molecule has 1 fully saturated rings. The van der Waals surface area contributed by atoms with E-state index in [1.165, 1.54) is 0 Å². The molecular formula is C16H19ClN4O. The molecule has 1 amide bonds. The average molecular weight is 319 g/mol. The summed E-state index contributed by atoms with van der Waals surface area (Å²) in [6, 6.07) is 7.36. The van der Waals surface area contributed by atoms with Crippen LogP contribution in [-0.2, 0) is 10.3 Å². The molecule has 3 rings (SSSR count). The van der Waals surface area contributed by atoms with E-state index in [0.717, 1.165) is 24.3 Å². The van der Waals surface area contributed by atoms with Gasteiger partial charge < -0.3 is 10.6 Å². The first-order valence-electron chi connectivity index (χ1n) is 7.40. The summed E-state index contributed by atoms with van der Waals surface area (Å²) in [4.78, 5) is 13.0. The van der Waals surface area contributed by atoms with Gasteiger partial charge in [-0.25, -0.2) is 0 Å². The fourth-order valence-corrected chi connectivity index (χ4v) is 3.06. The summed E-state index contributed by atoms with van der Waals surface area (Å²) in [5, 5.41) is 11.3. The molecule has 1 aromatic carbocycles. The van der Waals surface area contributed by atoms with E-state index >= 15 is 0 Å². The Morgan fingerprint density at radius 2 is 2.18 bits per heavy atom. The summed E-state index contributed by atoms with van der Waals surface area (Å²) >= 11 is 6.04. The molecule has 2 aromatic rings. The van der Waals surface area contributed by atoms with E-state index in [0.29, 0.717) is 17.9 Å². The van der Waals surface area contributed by atoms with Gasteiger partial charge in [-0.3, -0.25) is 9.48 Å². The van der Waals surface area contributed by atoms with Gasteiger partial charge in [-0.05, 0) is 56.6 Å². The van der Waals surface area contributed by atoms with Crippen LogP contribution >= 0.6 is 11.6 Å². The summed E-state index contributed by atoms with van der Waals surface area (Å²) in [6.07, 6.45) is 4.98. The molecule has 0 bridgehead atoms. The van der Waals surface area contributed by atoms with E-state index < -0.39 is 5.54 Å². The zero-order valence-electron chi connectivity index (χ0n) is 12.5. The predicted molar refractivity (Wildman–Crippen MR) is 87.1 cm³/mol. The third-order valence-electron chi connectivity index (χ3n) is 4.24. The number of carbonyl (C=O) groups is 1. The molecule has 0 radical (unpaired) electrons. The first-order valence-corrected chi connectivity index (χ1v) is 7.78. The molecule has 1 aliphatic rings. The molecular weight excluding hydrogens is 300 g/mol. The first kappa shape index (κ1) is 15.1. The predicted octanol–water partition coefficient (Wildman–Crippen LogP) is 2.56. The second-order valence-electron chi connectivity index (χ2n) is 5.65. The van der Waals surface area contributed by atoms with Crippen molar-refractivity contribution in [1.82, 2.24) is 15.1 Å². The van der Waals surface area contributed by atoms with Crippen LogP contribution in [-0.4, -0.2) is 28.8 Å². The summed E-state index contributed by atoms with van der Waals surface area (Å²) in [6.45, 7) is 3.54. The molecule has 1 saturated heterocycles. The SMILES string of the molecule is Cc1ccc(Cl)cc1NC(=O)C1(n2cccn2)CCNCC1. The van der Waals surface area contributed by atoms with E-state index in [1.54, 1.807) is 16.9 Å². The van der Waals surface area contributed by atoms with Gasteiger partial charge in [0.2, 0.25) is 0 Å². The Morgan fingerprint density at radius 1 is 1.41 bits per heavy atom. The lowest BCUT2D eigenvalue weighted by Gasteiger charge is -2.36. The maximum atomic E-state index is 13.0. The van der Waals surface area contributed by atoms with Crippen molar-refractivity contribution < 1.29 is 4.79 Å². The highest BCUT2D eigenvalue weighted by Gasteiger charge is 2.42. The lowest BCUT2D eigenvalue weighted by atomic mass is 9.87. The Hall–Kier alpha value is -1.85. The third-order valence-corrected chi connectivity index (χ3v) is 4.48. The van der Waals surface area contributed by atoms with Crippen LogP contribution in [0.2, 0.25) is 5.02 Å². The Balaban J connectivity index is 1.91. The van der Waals surface area contributed by atoms with Crippen LogP contribution < -0.4 is 10.6 Å². The highest BCUT2D eigenvalue weighted by atomic mass is 35.5. The zero-order chi connectivity index (χ0) is 15.6. The number of anilines is 1. The molecule has 0 saturated carbocycles. The topological polar surface area (TPSA) is 59.0 Å². The van der Waals surface area contributed by atoms with Gasteiger partial charge in [0.05, 0.1) is 0 Å². The molecule has 6 heteroatoms. The zero-order valence-corrected chi connectivity index (χ0v) is 13.2. The van der Waals surface area contributed by atoms with Crippen molar-refractivity contribution in [2.24, 2.45) is 0 Å². The number of halogens is 1. The van der Waals surface area contributed by atoms with E-state index in [1.807, 2.05) is 31.3 Å². The maximum Gasteiger partial charge on any atom is 0.252 e. The molecule has 0 atom stereocenters. The number of amides is 1. The number of benzene rings is 1. The molecule has 2 N–H and O–H groups in total. The van der Waals surface area contributed by atoms with Crippen molar-refractivity contribution in [3.63, 3.8) is 0 Å². The third kappa shape index (κ3) is 2.74. The molecule has 5 nitrogen and oxygen atoms in total. The normalized spacial score (nSPS) is 17.2. The van der Waals surface area contributed by atoms with E-state index in [2.05, 4.69) is 15.7 Å². The van der Waals surface area contributed by atoms with Crippen LogP contribution in [0.4, 0.5) is 5.69 Å². The summed E-state index contributed by atoms with van der Waals surface area (Å²) in [5.74, 6) is -0.0388. The lowest BCUT2D eigenvalue weighted by molar-refractivity contribution is -0.126. The molecule has 0 aliphatic carbocycles. The van der Waals surface area contributed by atoms with Gasteiger partial charge in [0, 0.05) is 23.1 Å².